The average molecular weight is 415 g/mol. The Hall–Kier alpha value is -2.18. The summed E-state index contributed by atoms with van der Waals surface area (Å²) < 4.78 is 5.37. The molecule has 1 amide bonds. The minimum Gasteiger partial charge on any atom is -0.497 e. The lowest BCUT2D eigenvalue weighted by atomic mass is 10.0. The maximum Gasteiger partial charge on any atom is 0.220 e. The summed E-state index contributed by atoms with van der Waals surface area (Å²) in [4.78, 5) is 29.4. The smallest absolute Gasteiger partial charge is 0.220 e. The van der Waals surface area contributed by atoms with Crippen molar-refractivity contribution in [1.29, 1.82) is 0 Å². The topological polar surface area (TPSA) is 58.6 Å². The van der Waals surface area contributed by atoms with Crippen molar-refractivity contribution in [2.75, 3.05) is 26.7 Å². The molecule has 1 aliphatic rings. The molecule has 0 radical (unpaired) electrons. The summed E-state index contributed by atoms with van der Waals surface area (Å²) in [6.45, 7) is 6.56. The Morgan fingerprint density at radius 1 is 1.17 bits per heavy atom. The van der Waals surface area contributed by atoms with E-state index in [9.17, 15) is 9.59 Å². The molecule has 1 aromatic carbocycles. The lowest BCUT2D eigenvalue weighted by Gasteiger charge is -2.28. The van der Waals surface area contributed by atoms with Gasteiger partial charge >= 0.3 is 0 Å². The normalized spacial score (nSPS) is 15.3. The molecule has 29 heavy (non-hydrogen) atoms. The van der Waals surface area contributed by atoms with E-state index in [0.29, 0.717) is 6.54 Å². The second-order valence-corrected chi connectivity index (χ2v) is 9.05. The summed E-state index contributed by atoms with van der Waals surface area (Å²) in [5, 5.41) is 3.05. The maximum absolute atomic E-state index is 12.4. The Kier molecular flexibility index (Phi) is 7.45. The summed E-state index contributed by atoms with van der Waals surface area (Å²) in [7, 11) is 1.67. The molecular weight excluding hydrogens is 384 g/mol. The maximum atomic E-state index is 12.4. The van der Waals surface area contributed by atoms with Gasteiger partial charge in [0.25, 0.3) is 0 Å². The minimum atomic E-state index is -0.0740. The van der Waals surface area contributed by atoms with Crippen molar-refractivity contribution >= 4 is 23.0 Å². The molecule has 1 atom stereocenters. The lowest BCUT2D eigenvalue weighted by molar-refractivity contribution is -0.121. The van der Waals surface area contributed by atoms with E-state index in [0.717, 1.165) is 39.7 Å². The van der Waals surface area contributed by atoms with Crippen LogP contribution in [0.5, 0.6) is 5.75 Å². The Morgan fingerprint density at radius 2 is 1.93 bits per heavy atom. The number of thiophene rings is 1. The van der Waals surface area contributed by atoms with Gasteiger partial charge in [0, 0.05) is 34.7 Å². The Bertz CT molecular complexity index is 856. The number of amides is 1. The third-order valence-corrected chi connectivity index (χ3v) is 6.44. The summed E-state index contributed by atoms with van der Waals surface area (Å²) in [6, 6.07) is 10.1. The second kappa shape index (κ2) is 10.0. The van der Waals surface area contributed by atoms with Crippen LogP contribution in [0.4, 0.5) is 0 Å². The molecule has 1 saturated heterocycles. The van der Waals surface area contributed by atoms with Crippen LogP contribution in [-0.4, -0.2) is 43.3 Å². The van der Waals surface area contributed by atoms with Crippen molar-refractivity contribution in [2.24, 2.45) is 0 Å². The molecule has 5 nitrogen and oxygen atoms in total. The van der Waals surface area contributed by atoms with E-state index < -0.39 is 0 Å². The summed E-state index contributed by atoms with van der Waals surface area (Å²) in [6.07, 6.45) is 2.83. The van der Waals surface area contributed by atoms with Crippen molar-refractivity contribution in [2.45, 2.75) is 45.6 Å². The first-order valence-corrected chi connectivity index (χ1v) is 11.0. The molecule has 0 bridgehead atoms. The Balaban J connectivity index is 1.57. The number of likely N-dealkylation sites (tertiary alicyclic amines) is 1. The van der Waals surface area contributed by atoms with Crippen molar-refractivity contribution in [3.8, 4) is 5.75 Å². The number of rotatable bonds is 9. The number of carbonyl (C=O) groups is 2. The number of hydrogen-bond donors (Lipinski definition) is 1. The summed E-state index contributed by atoms with van der Waals surface area (Å²) >= 11 is 1.62. The van der Waals surface area contributed by atoms with Crippen LogP contribution in [0, 0.1) is 13.8 Å². The lowest BCUT2D eigenvalue weighted by Crippen LogP contribution is -2.36. The minimum absolute atomic E-state index is 0.0471. The van der Waals surface area contributed by atoms with Crippen LogP contribution < -0.4 is 10.1 Å². The average Bonchev–Trinajstić information content (AvgIpc) is 3.36. The number of aryl methyl sites for hydroxylation is 2. The third-order valence-electron chi connectivity index (χ3n) is 5.47. The number of ketones is 1. The van der Waals surface area contributed by atoms with Gasteiger partial charge < -0.3 is 10.1 Å². The molecule has 1 fully saturated rings. The number of Topliss-reactive ketones (excluding diaryl/α,β-unsaturated/α-hetero) is 1. The van der Waals surface area contributed by atoms with Gasteiger partial charge in [-0.3, -0.25) is 14.5 Å². The van der Waals surface area contributed by atoms with Crippen molar-refractivity contribution < 1.29 is 14.3 Å². The molecule has 156 valence electrons. The molecule has 2 heterocycles. The van der Waals surface area contributed by atoms with Crippen LogP contribution in [0.25, 0.3) is 0 Å². The van der Waals surface area contributed by atoms with Gasteiger partial charge in [-0.2, -0.15) is 0 Å². The van der Waals surface area contributed by atoms with Gasteiger partial charge in [-0.05, 0) is 63.5 Å². The summed E-state index contributed by atoms with van der Waals surface area (Å²) in [5.74, 6) is 0.797. The highest BCUT2D eigenvalue weighted by atomic mass is 32.1. The predicted molar refractivity (Wildman–Crippen MR) is 117 cm³/mol. The zero-order valence-electron chi connectivity index (χ0n) is 17.5. The Morgan fingerprint density at radius 3 is 2.59 bits per heavy atom. The molecule has 1 unspecified atom stereocenters. The predicted octanol–water partition coefficient (Wildman–Crippen LogP) is 4.29. The van der Waals surface area contributed by atoms with E-state index in [4.69, 9.17) is 4.74 Å². The van der Waals surface area contributed by atoms with E-state index >= 15 is 0 Å². The van der Waals surface area contributed by atoms with Crippen LogP contribution in [-0.2, 0) is 4.79 Å². The number of methoxy groups -OCH3 is 1. The summed E-state index contributed by atoms with van der Waals surface area (Å²) in [5.41, 5.74) is 1.90. The number of benzene rings is 1. The van der Waals surface area contributed by atoms with Crippen LogP contribution in [0.15, 0.2) is 30.3 Å². The van der Waals surface area contributed by atoms with E-state index in [1.54, 1.807) is 18.4 Å². The molecule has 2 aromatic rings. The number of carbonyl (C=O) groups excluding carboxylic acids is 2. The van der Waals surface area contributed by atoms with Gasteiger partial charge in [0.05, 0.1) is 13.2 Å². The van der Waals surface area contributed by atoms with Gasteiger partial charge in [0.2, 0.25) is 5.91 Å². The van der Waals surface area contributed by atoms with Crippen LogP contribution in [0.2, 0.25) is 0 Å². The molecule has 1 N–H and O–H groups in total. The van der Waals surface area contributed by atoms with E-state index in [1.807, 2.05) is 38.1 Å². The fourth-order valence-corrected chi connectivity index (χ4v) is 4.87. The van der Waals surface area contributed by atoms with Crippen molar-refractivity contribution in [1.82, 2.24) is 10.2 Å². The zero-order chi connectivity index (χ0) is 20.8. The fraction of sp³-hybridized carbons (Fsp3) is 0.478. The largest absolute Gasteiger partial charge is 0.497 e. The molecule has 1 aromatic heterocycles. The first-order valence-electron chi connectivity index (χ1n) is 10.2. The monoisotopic (exact) mass is 414 g/mol. The standard InChI is InChI=1S/C23H30N2O3S/c1-16-13-20(17(2)29-16)22(26)9-10-23(27)24-15-21(25-11-4-5-12-25)18-7-6-8-19(14-18)28-3/h6-8,13-14,21H,4-5,9-12,15H2,1-3H3,(H,24,27). The number of nitrogens with one attached hydrogen (secondary N) is 1. The van der Waals surface area contributed by atoms with Gasteiger partial charge in [-0.15, -0.1) is 11.3 Å². The third kappa shape index (κ3) is 5.67. The first-order chi connectivity index (χ1) is 14.0. The quantitative estimate of drug-likeness (QED) is 0.622. The number of hydrogen-bond acceptors (Lipinski definition) is 5. The molecule has 0 saturated carbocycles. The highest BCUT2D eigenvalue weighted by Crippen LogP contribution is 2.27. The van der Waals surface area contributed by atoms with Gasteiger partial charge in [-0.1, -0.05) is 12.1 Å². The van der Waals surface area contributed by atoms with Crippen LogP contribution in [0.1, 0.15) is 57.4 Å². The fourth-order valence-electron chi connectivity index (χ4n) is 3.93. The highest BCUT2D eigenvalue weighted by molar-refractivity contribution is 7.12. The molecule has 0 aliphatic carbocycles. The van der Waals surface area contributed by atoms with Gasteiger partial charge in [0.15, 0.2) is 5.78 Å². The van der Waals surface area contributed by atoms with Crippen molar-refractivity contribution in [3.63, 3.8) is 0 Å². The van der Waals surface area contributed by atoms with Gasteiger partial charge in [0.1, 0.15) is 5.75 Å². The van der Waals surface area contributed by atoms with Crippen LogP contribution >= 0.6 is 11.3 Å². The number of ether oxygens (including phenoxy) is 1. The molecular formula is C23H30N2O3S. The number of nitrogens with zero attached hydrogens (tertiary/aromatic N) is 1. The highest BCUT2D eigenvalue weighted by Gasteiger charge is 2.24. The molecule has 3 rings (SSSR count). The van der Waals surface area contributed by atoms with E-state index in [1.165, 1.54) is 12.8 Å². The first kappa shape index (κ1) is 21.5. The van der Waals surface area contributed by atoms with Gasteiger partial charge in [-0.25, -0.2) is 0 Å². The second-order valence-electron chi connectivity index (χ2n) is 7.59. The van der Waals surface area contributed by atoms with Crippen molar-refractivity contribution in [3.05, 3.63) is 51.2 Å². The zero-order valence-corrected chi connectivity index (χ0v) is 18.3. The Labute approximate surface area is 177 Å². The molecule has 0 spiro atoms. The van der Waals surface area contributed by atoms with E-state index in [-0.39, 0.29) is 30.6 Å². The van der Waals surface area contributed by atoms with Crippen LogP contribution in [0.3, 0.4) is 0 Å². The van der Waals surface area contributed by atoms with E-state index in [2.05, 4.69) is 16.3 Å². The molecule has 6 heteroatoms. The molecule has 1 aliphatic heterocycles. The SMILES string of the molecule is COc1cccc(C(CNC(=O)CCC(=O)c2cc(C)sc2C)N2CCCC2)c1.